The van der Waals surface area contributed by atoms with Crippen LogP contribution in [0.1, 0.15) is 13.8 Å². The van der Waals surface area contributed by atoms with Gasteiger partial charge in [0.2, 0.25) is 0 Å². The number of hydrogen-bond acceptors (Lipinski definition) is 2. The number of amides is 1. The highest BCUT2D eigenvalue weighted by Gasteiger charge is 2.42. The Morgan fingerprint density at radius 3 is 2.60 bits per heavy atom. The Hall–Kier alpha value is -0.220. The second-order valence-corrected chi connectivity index (χ2v) is 4.70. The molecule has 0 spiro atoms. The summed E-state index contributed by atoms with van der Waals surface area (Å²) < 4.78 is 0.0197. The lowest BCUT2D eigenvalue weighted by Gasteiger charge is -2.17. The fourth-order valence-electron chi connectivity index (χ4n) is 1.19. The smallest absolute Gasteiger partial charge is 0.277 e. The Balaban J connectivity index is 2.68. The fourth-order valence-corrected chi connectivity index (χ4v) is 2.30. The maximum absolute atomic E-state index is 10.8. The molecule has 1 heterocycles. The van der Waals surface area contributed by atoms with Crippen molar-refractivity contribution in [3.05, 3.63) is 0 Å². The average Bonchev–Trinajstić information content (AvgIpc) is 2.08. The van der Waals surface area contributed by atoms with Crippen molar-refractivity contribution < 1.29 is 10.1 Å². The molecule has 1 fully saturated rings. The Labute approximate surface area is 64.7 Å². The molecule has 0 saturated carbocycles. The van der Waals surface area contributed by atoms with Crippen LogP contribution >= 0.6 is 11.8 Å². The minimum absolute atomic E-state index is 0.0197. The largest absolute Gasteiger partial charge is 0.364 e. The summed E-state index contributed by atoms with van der Waals surface area (Å²) in [4.78, 5) is 10.8. The number of rotatable bonds is 1. The number of nitrogens with two attached hydrogens (primary N) is 2. The van der Waals surface area contributed by atoms with Crippen LogP contribution in [-0.2, 0) is 4.79 Å². The molecule has 1 atom stereocenters. The van der Waals surface area contributed by atoms with E-state index in [0.717, 1.165) is 5.88 Å². The van der Waals surface area contributed by atoms with Crippen LogP contribution in [0.2, 0.25) is 0 Å². The Morgan fingerprint density at radius 1 is 1.80 bits per heavy atom. The lowest BCUT2D eigenvalue weighted by atomic mass is 10.0. The maximum atomic E-state index is 10.8. The minimum atomic E-state index is -0.199. The third-order valence-corrected chi connectivity index (χ3v) is 3.20. The third-order valence-electron chi connectivity index (χ3n) is 1.84. The van der Waals surface area contributed by atoms with E-state index in [1.54, 1.807) is 11.8 Å². The lowest BCUT2D eigenvalue weighted by molar-refractivity contribution is -0.654. The second kappa shape index (κ2) is 2.43. The monoisotopic (exact) mass is 161 g/mol. The normalized spacial score (nSPS) is 30.4. The molecule has 1 rings (SSSR count). The van der Waals surface area contributed by atoms with E-state index < -0.39 is 0 Å². The summed E-state index contributed by atoms with van der Waals surface area (Å²) >= 11 is 1.78. The highest BCUT2D eigenvalue weighted by Crippen LogP contribution is 2.28. The third kappa shape index (κ3) is 1.27. The van der Waals surface area contributed by atoms with E-state index in [-0.39, 0.29) is 16.7 Å². The first-order chi connectivity index (χ1) is 4.54. The van der Waals surface area contributed by atoms with Crippen LogP contribution in [-0.4, -0.2) is 22.6 Å². The van der Waals surface area contributed by atoms with E-state index in [0.29, 0.717) is 0 Å². The summed E-state index contributed by atoms with van der Waals surface area (Å²) in [6, 6.07) is -0.0440. The Bertz CT molecular complexity index is 158. The zero-order chi connectivity index (χ0) is 7.78. The maximum Gasteiger partial charge on any atom is 0.277 e. The van der Waals surface area contributed by atoms with E-state index in [2.05, 4.69) is 13.8 Å². The van der Waals surface area contributed by atoms with Gasteiger partial charge in [-0.05, 0) is 13.8 Å². The molecular formula is C6H13N2OS+. The van der Waals surface area contributed by atoms with E-state index >= 15 is 0 Å². The van der Waals surface area contributed by atoms with Crippen molar-refractivity contribution >= 4 is 17.7 Å². The summed E-state index contributed by atoms with van der Waals surface area (Å²) in [5.74, 6) is 0.746. The first-order valence-corrected chi connectivity index (χ1v) is 4.29. The van der Waals surface area contributed by atoms with Crippen LogP contribution in [0.5, 0.6) is 0 Å². The van der Waals surface area contributed by atoms with Crippen molar-refractivity contribution in [2.45, 2.75) is 24.6 Å². The van der Waals surface area contributed by atoms with Gasteiger partial charge in [-0.2, -0.15) is 0 Å². The quantitative estimate of drug-likeness (QED) is 0.512. The molecule has 3 nitrogen and oxygen atoms in total. The molecule has 0 bridgehead atoms. The van der Waals surface area contributed by atoms with Gasteiger partial charge in [0.15, 0.2) is 6.04 Å². The van der Waals surface area contributed by atoms with Gasteiger partial charge in [-0.25, -0.2) is 0 Å². The molecule has 1 aliphatic heterocycles. The van der Waals surface area contributed by atoms with Gasteiger partial charge < -0.3 is 11.1 Å². The van der Waals surface area contributed by atoms with Gasteiger partial charge in [-0.1, -0.05) is 11.8 Å². The van der Waals surface area contributed by atoms with Gasteiger partial charge in [0.1, 0.15) is 5.88 Å². The van der Waals surface area contributed by atoms with Gasteiger partial charge in [0, 0.05) is 0 Å². The van der Waals surface area contributed by atoms with Crippen molar-refractivity contribution in [1.82, 2.24) is 0 Å². The van der Waals surface area contributed by atoms with Gasteiger partial charge >= 0.3 is 0 Å². The fraction of sp³-hybridized carbons (Fsp3) is 0.833. The molecule has 0 aromatic carbocycles. The van der Waals surface area contributed by atoms with E-state index in [4.69, 9.17) is 5.73 Å². The number of quaternary nitrogens is 1. The molecule has 10 heavy (non-hydrogen) atoms. The molecule has 0 aromatic rings. The summed E-state index contributed by atoms with van der Waals surface area (Å²) in [5, 5.41) is 1.99. The molecule has 1 aliphatic rings. The zero-order valence-corrected chi connectivity index (χ0v) is 7.07. The molecule has 0 aliphatic carbocycles. The number of hydrogen-bond donors (Lipinski definition) is 2. The van der Waals surface area contributed by atoms with Crippen molar-refractivity contribution in [1.29, 1.82) is 0 Å². The van der Waals surface area contributed by atoms with Gasteiger partial charge in [0.05, 0.1) is 4.75 Å². The lowest BCUT2D eigenvalue weighted by Crippen LogP contribution is -2.91. The number of thioether (sulfide) groups is 1. The Kier molecular flexibility index (Phi) is 1.92. The molecule has 0 radical (unpaired) electrons. The van der Waals surface area contributed by atoms with Gasteiger partial charge in [0.25, 0.3) is 5.91 Å². The molecule has 1 saturated heterocycles. The molecule has 58 valence electrons. The predicted molar refractivity (Wildman–Crippen MR) is 41.4 cm³/mol. The zero-order valence-electron chi connectivity index (χ0n) is 6.26. The van der Waals surface area contributed by atoms with Crippen molar-refractivity contribution in [3.8, 4) is 0 Å². The molecule has 0 unspecified atom stereocenters. The second-order valence-electron chi connectivity index (χ2n) is 3.03. The van der Waals surface area contributed by atoms with Crippen molar-refractivity contribution in [2.75, 3.05) is 5.88 Å². The topological polar surface area (TPSA) is 59.7 Å². The Morgan fingerprint density at radius 2 is 2.40 bits per heavy atom. The first kappa shape index (κ1) is 7.88. The van der Waals surface area contributed by atoms with Crippen LogP contribution in [0.3, 0.4) is 0 Å². The molecule has 1 amide bonds. The van der Waals surface area contributed by atoms with E-state index in [9.17, 15) is 4.79 Å². The van der Waals surface area contributed by atoms with Crippen molar-refractivity contribution in [2.24, 2.45) is 5.73 Å². The first-order valence-electron chi connectivity index (χ1n) is 3.30. The van der Waals surface area contributed by atoms with Gasteiger partial charge in [-0.15, -0.1) is 0 Å². The number of carbonyl (C=O) groups excluding carboxylic acids is 1. The highest BCUT2D eigenvalue weighted by atomic mass is 32.2. The number of carbonyl (C=O) groups is 1. The minimum Gasteiger partial charge on any atom is -0.364 e. The van der Waals surface area contributed by atoms with Crippen molar-refractivity contribution in [3.63, 3.8) is 0 Å². The summed E-state index contributed by atoms with van der Waals surface area (Å²) in [6.07, 6.45) is 0. The molecule has 4 heteroatoms. The predicted octanol–water partition coefficient (Wildman–Crippen LogP) is -1.11. The van der Waals surface area contributed by atoms with Crippen LogP contribution in [0, 0.1) is 0 Å². The standard InChI is InChI=1S/C6H12N2OS/c1-6(2)4(5(7)9)8-3-10-6/h4,8H,3H2,1-2H3,(H2,7,9)/p+1/t4-/m1/s1. The van der Waals surface area contributed by atoms with E-state index in [1.807, 2.05) is 5.32 Å². The average molecular weight is 161 g/mol. The van der Waals surface area contributed by atoms with Crippen LogP contribution < -0.4 is 11.1 Å². The van der Waals surface area contributed by atoms with Crippen LogP contribution in [0.25, 0.3) is 0 Å². The summed E-state index contributed by atoms with van der Waals surface area (Å²) in [5.41, 5.74) is 5.19. The van der Waals surface area contributed by atoms with Crippen LogP contribution in [0.15, 0.2) is 0 Å². The van der Waals surface area contributed by atoms with Gasteiger partial charge in [-0.3, -0.25) is 4.79 Å². The number of primary amides is 1. The molecular weight excluding hydrogens is 148 g/mol. The SMILES string of the molecule is CC1(C)SC[NH2+][C@@H]1C(N)=O. The summed E-state index contributed by atoms with van der Waals surface area (Å²) in [7, 11) is 0. The van der Waals surface area contributed by atoms with E-state index in [1.165, 1.54) is 0 Å². The highest BCUT2D eigenvalue weighted by molar-refractivity contribution is 8.00. The molecule has 0 aromatic heterocycles. The van der Waals surface area contributed by atoms with Crippen LogP contribution in [0.4, 0.5) is 0 Å². The summed E-state index contributed by atoms with van der Waals surface area (Å²) in [6.45, 7) is 4.10. The molecule has 4 N–H and O–H groups in total.